The van der Waals surface area contributed by atoms with Gasteiger partial charge in [0.25, 0.3) is 0 Å². The van der Waals surface area contributed by atoms with Crippen molar-refractivity contribution in [1.29, 1.82) is 0 Å². The highest BCUT2D eigenvalue weighted by atomic mass is 32.2. The van der Waals surface area contributed by atoms with Crippen LogP contribution >= 0.6 is 23.1 Å². The van der Waals surface area contributed by atoms with Gasteiger partial charge >= 0.3 is 0 Å². The van der Waals surface area contributed by atoms with E-state index in [2.05, 4.69) is 5.32 Å². The standard InChI is InChI=1S/C13H21NO2S2/c15-12(7-14-6-11-3-5-17-10-11)8-16-9-13-2-1-4-18-13/h1-2,4,11-12,14-15H,3,5-10H2. The largest absolute Gasteiger partial charge is 0.389 e. The third kappa shape index (κ3) is 5.28. The molecule has 2 N–H and O–H groups in total. The summed E-state index contributed by atoms with van der Waals surface area (Å²) in [5, 5.41) is 15.1. The van der Waals surface area contributed by atoms with Crippen LogP contribution in [0.1, 0.15) is 11.3 Å². The van der Waals surface area contributed by atoms with Gasteiger partial charge in [-0.2, -0.15) is 11.8 Å². The first-order chi connectivity index (χ1) is 8.84. The van der Waals surface area contributed by atoms with E-state index in [-0.39, 0.29) is 0 Å². The summed E-state index contributed by atoms with van der Waals surface area (Å²) in [6.45, 7) is 2.67. The highest BCUT2D eigenvalue weighted by Crippen LogP contribution is 2.22. The molecule has 2 atom stereocenters. The topological polar surface area (TPSA) is 41.5 Å². The average Bonchev–Trinajstić information content (AvgIpc) is 3.01. The minimum Gasteiger partial charge on any atom is -0.389 e. The molecule has 1 fully saturated rings. The van der Waals surface area contributed by atoms with E-state index in [1.54, 1.807) is 11.3 Å². The number of aliphatic hydroxyl groups excluding tert-OH is 1. The number of rotatable bonds is 8. The first-order valence-electron chi connectivity index (χ1n) is 6.41. The predicted molar refractivity (Wildman–Crippen MR) is 78.3 cm³/mol. The van der Waals surface area contributed by atoms with E-state index in [1.165, 1.54) is 22.8 Å². The highest BCUT2D eigenvalue weighted by Gasteiger charge is 2.15. The Morgan fingerprint density at radius 1 is 1.56 bits per heavy atom. The van der Waals surface area contributed by atoms with Crippen molar-refractivity contribution in [2.45, 2.75) is 19.1 Å². The van der Waals surface area contributed by atoms with Crippen molar-refractivity contribution in [2.24, 2.45) is 5.92 Å². The smallest absolute Gasteiger partial charge is 0.0897 e. The lowest BCUT2D eigenvalue weighted by Crippen LogP contribution is -2.33. The number of hydrogen-bond acceptors (Lipinski definition) is 5. The van der Waals surface area contributed by atoms with Crippen LogP contribution in [0.3, 0.4) is 0 Å². The van der Waals surface area contributed by atoms with Crippen LogP contribution in [0.4, 0.5) is 0 Å². The van der Waals surface area contributed by atoms with Crippen molar-refractivity contribution in [3.63, 3.8) is 0 Å². The van der Waals surface area contributed by atoms with Crippen LogP contribution in [-0.4, -0.2) is 42.4 Å². The van der Waals surface area contributed by atoms with Crippen LogP contribution in [0, 0.1) is 5.92 Å². The molecule has 0 bridgehead atoms. The number of thiophene rings is 1. The lowest BCUT2D eigenvalue weighted by molar-refractivity contribution is 0.0296. The number of aliphatic hydroxyl groups is 1. The molecule has 0 amide bonds. The number of nitrogens with one attached hydrogen (secondary N) is 1. The first kappa shape index (κ1) is 14.3. The summed E-state index contributed by atoms with van der Waals surface area (Å²) < 4.78 is 5.48. The van der Waals surface area contributed by atoms with Gasteiger partial charge in [-0.3, -0.25) is 0 Å². The molecule has 2 rings (SSSR count). The number of hydrogen-bond donors (Lipinski definition) is 2. The molecule has 0 aromatic carbocycles. The quantitative estimate of drug-likeness (QED) is 0.767. The van der Waals surface area contributed by atoms with Gasteiger partial charge in [-0.15, -0.1) is 11.3 Å². The number of ether oxygens (including phenoxy) is 1. The van der Waals surface area contributed by atoms with Crippen molar-refractivity contribution in [1.82, 2.24) is 5.32 Å². The van der Waals surface area contributed by atoms with Crippen molar-refractivity contribution in [2.75, 3.05) is 31.2 Å². The van der Waals surface area contributed by atoms with Crippen LogP contribution in [-0.2, 0) is 11.3 Å². The van der Waals surface area contributed by atoms with E-state index >= 15 is 0 Å². The maximum absolute atomic E-state index is 9.76. The van der Waals surface area contributed by atoms with Gasteiger partial charge in [0.05, 0.1) is 19.3 Å². The van der Waals surface area contributed by atoms with Gasteiger partial charge in [-0.25, -0.2) is 0 Å². The van der Waals surface area contributed by atoms with Crippen molar-refractivity contribution >= 4 is 23.1 Å². The third-order valence-corrected chi connectivity index (χ3v) is 5.05. The summed E-state index contributed by atoms with van der Waals surface area (Å²) >= 11 is 3.71. The van der Waals surface area contributed by atoms with Gasteiger partial charge in [-0.05, 0) is 41.8 Å². The van der Waals surface area contributed by atoms with Gasteiger partial charge in [0.15, 0.2) is 0 Å². The summed E-state index contributed by atoms with van der Waals surface area (Å²) in [5.41, 5.74) is 0. The molecule has 2 heterocycles. The van der Waals surface area contributed by atoms with Gasteiger partial charge < -0.3 is 15.2 Å². The normalized spacial score (nSPS) is 21.3. The molecule has 0 saturated carbocycles. The van der Waals surface area contributed by atoms with E-state index in [4.69, 9.17) is 4.74 Å². The molecular formula is C13H21NO2S2. The Bertz CT molecular complexity index is 313. The van der Waals surface area contributed by atoms with E-state index in [9.17, 15) is 5.11 Å². The molecule has 2 unspecified atom stereocenters. The summed E-state index contributed by atoms with van der Waals surface area (Å²) in [4.78, 5) is 1.21. The molecule has 0 aliphatic carbocycles. The molecule has 1 aliphatic heterocycles. The first-order valence-corrected chi connectivity index (χ1v) is 8.44. The predicted octanol–water partition coefficient (Wildman–Crippen LogP) is 1.97. The molecular weight excluding hydrogens is 266 g/mol. The summed E-state index contributed by atoms with van der Waals surface area (Å²) in [5.74, 6) is 3.34. The fourth-order valence-corrected chi connectivity index (χ4v) is 3.87. The molecule has 18 heavy (non-hydrogen) atoms. The molecule has 0 spiro atoms. The Morgan fingerprint density at radius 3 is 3.22 bits per heavy atom. The zero-order chi connectivity index (χ0) is 12.6. The van der Waals surface area contributed by atoms with Crippen molar-refractivity contribution in [3.8, 4) is 0 Å². The lowest BCUT2D eigenvalue weighted by Gasteiger charge is -2.14. The van der Waals surface area contributed by atoms with Crippen LogP contribution in [0.5, 0.6) is 0 Å². The number of thioether (sulfide) groups is 1. The van der Waals surface area contributed by atoms with Gasteiger partial charge in [0.2, 0.25) is 0 Å². The van der Waals surface area contributed by atoms with Gasteiger partial charge in [0.1, 0.15) is 0 Å². The minimum atomic E-state index is -0.404. The highest BCUT2D eigenvalue weighted by molar-refractivity contribution is 7.99. The molecule has 1 saturated heterocycles. The molecule has 1 aromatic heterocycles. The maximum atomic E-state index is 9.76. The van der Waals surface area contributed by atoms with Crippen molar-refractivity contribution in [3.05, 3.63) is 22.4 Å². The zero-order valence-electron chi connectivity index (χ0n) is 10.5. The summed E-state index contributed by atoms with van der Waals surface area (Å²) in [6.07, 6.45) is 0.904. The maximum Gasteiger partial charge on any atom is 0.0897 e. The van der Waals surface area contributed by atoms with Gasteiger partial charge in [-0.1, -0.05) is 6.07 Å². The van der Waals surface area contributed by atoms with Crippen molar-refractivity contribution < 1.29 is 9.84 Å². The Hall–Kier alpha value is -0.0700. The zero-order valence-corrected chi connectivity index (χ0v) is 12.1. The molecule has 102 valence electrons. The second kappa shape index (κ2) is 8.17. The molecule has 1 aliphatic rings. The Balaban J connectivity index is 1.48. The molecule has 3 nitrogen and oxygen atoms in total. The molecule has 0 radical (unpaired) electrons. The second-order valence-electron chi connectivity index (χ2n) is 4.64. The van der Waals surface area contributed by atoms with Crippen LogP contribution < -0.4 is 5.32 Å². The SMILES string of the molecule is OC(CNCC1CCSC1)COCc1cccs1. The van der Waals surface area contributed by atoms with Crippen LogP contribution in [0.25, 0.3) is 0 Å². The van der Waals surface area contributed by atoms with Crippen LogP contribution in [0.15, 0.2) is 17.5 Å². The van der Waals surface area contributed by atoms with E-state index < -0.39 is 6.10 Å². The monoisotopic (exact) mass is 287 g/mol. The fourth-order valence-electron chi connectivity index (χ4n) is 1.95. The summed E-state index contributed by atoms with van der Waals surface area (Å²) in [6, 6.07) is 4.06. The Morgan fingerprint density at radius 2 is 2.50 bits per heavy atom. The van der Waals surface area contributed by atoms with E-state index in [0.29, 0.717) is 19.8 Å². The fraction of sp³-hybridized carbons (Fsp3) is 0.692. The Kier molecular flexibility index (Phi) is 6.51. The third-order valence-electron chi connectivity index (χ3n) is 2.97. The average molecular weight is 287 g/mol. The molecule has 5 heteroatoms. The minimum absolute atomic E-state index is 0.404. The summed E-state index contributed by atoms with van der Waals surface area (Å²) in [7, 11) is 0. The Labute approximate surface area is 117 Å². The van der Waals surface area contributed by atoms with E-state index in [1.807, 2.05) is 29.3 Å². The van der Waals surface area contributed by atoms with E-state index in [0.717, 1.165) is 12.5 Å². The lowest BCUT2D eigenvalue weighted by atomic mass is 10.1. The molecule has 1 aromatic rings. The van der Waals surface area contributed by atoms with Gasteiger partial charge in [0, 0.05) is 11.4 Å². The second-order valence-corrected chi connectivity index (χ2v) is 6.82. The van der Waals surface area contributed by atoms with Crippen LogP contribution in [0.2, 0.25) is 0 Å².